The van der Waals surface area contributed by atoms with E-state index in [4.69, 9.17) is 0 Å². The maximum Gasteiger partial charge on any atom is 0.234 e. The molecule has 0 spiro atoms. The summed E-state index contributed by atoms with van der Waals surface area (Å²) >= 11 is 3.13. The van der Waals surface area contributed by atoms with Crippen molar-refractivity contribution in [2.24, 2.45) is 7.05 Å². The molecule has 0 saturated heterocycles. The molecule has 0 atom stereocenters. The molecule has 0 aliphatic rings. The highest BCUT2D eigenvalue weighted by molar-refractivity contribution is 7.99. The third kappa shape index (κ3) is 3.99. The Balaban J connectivity index is 1.66. The molecule has 0 aliphatic carbocycles. The third-order valence-electron chi connectivity index (χ3n) is 4.17. The lowest BCUT2D eigenvalue weighted by atomic mass is 10.1. The van der Waals surface area contributed by atoms with Crippen LogP contribution in [0.4, 0.5) is 5.69 Å². The normalized spacial score (nSPS) is 10.9. The molecule has 136 valence electrons. The van der Waals surface area contributed by atoms with E-state index >= 15 is 0 Å². The highest BCUT2D eigenvalue weighted by Gasteiger charge is 2.15. The van der Waals surface area contributed by atoms with Gasteiger partial charge in [0.15, 0.2) is 11.0 Å². The van der Waals surface area contributed by atoms with E-state index in [0.717, 1.165) is 39.8 Å². The fraction of sp³-hybridized carbons (Fsp3) is 0.316. The molecule has 0 saturated carbocycles. The fourth-order valence-corrected chi connectivity index (χ4v) is 4.22. The van der Waals surface area contributed by atoms with Crippen molar-refractivity contribution in [2.75, 3.05) is 11.1 Å². The summed E-state index contributed by atoms with van der Waals surface area (Å²) in [7, 11) is 1.93. The van der Waals surface area contributed by atoms with Crippen LogP contribution in [0.25, 0.3) is 11.4 Å². The quantitative estimate of drug-likeness (QED) is 0.636. The molecule has 0 aliphatic heterocycles. The summed E-state index contributed by atoms with van der Waals surface area (Å²) in [5, 5.41) is 14.4. The number of benzene rings is 1. The Labute approximate surface area is 161 Å². The van der Waals surface area contributed by atoms with Crippen molar-refractivity contribution >= 4 is 34.7 Å². The molecule has 0 fully saturated rings. The average molecular weight is 387 g/mol. The Morgan fingerprint density at radius 1 is 1.27 bits per heavy atom. The van der Waals surface area contributed by atoms with E-state index in [-0.39, 0.29) is 5.91 Å². The van der Waals surface area contributed by atoms with Crippen molar-refractivity contribution in [3.63, 3.8) is 0 Å². The van der Waals surface area contributed by atoms with Gasteiger partial charge in [-0.15, -0.1) is 21.5 Å². The molecule has 5 nitrogen and oxygen atoms in total. The molecule has 3 rings (SSSR count). The van der Waals surface area contributed by atoms with Gasteiger partial charge in [-0.2, -0.15) is 0 Å². The van der Waals surface area contributed by atoms with Crippen LogP contribution < -0.4 is 5.32 Å². The second kappa shape index (κ2) is 8.05. The zero-order valence-corrected chi connectivity index (χ0v) is 17.0. The summed E-state index contributed by atoms with van der Waals surface area (Å²) in [6.07, 6.45) is 1.02. The average Bonchev–Trinajstić information content (AvgIpc) is 3.23. The summed E-state index contributed by atoms with van der Waals surface area (Å²) in [6.45, 7) is 6.13. The second-order valence-corrected chi connectivity index (χ2v) is 8.06. The summed E-state index contributed by atoms with van der Waals surface area (Å²) < 4.78 is 1.94. The second-order valence-electron chi connectivity index (χ2n) is 6.12. The molecule has 2 aromatic heterocycles. The highest BCUT2D eigenvalue weighted by atomic mass is 32.2. The van der Waals surface area contributed by atoms with Crippen LogP contribution in [0.3, 0.4) is 0 Å². The number of aromatic nitrogens is 3. The van der Waals surface area contributed by atoms with Crippen LogP contribution in [0.5, 0.6) is 0 Å². The third-order valence-corrected chi connectivity index (χ3v) is 6.27. The molecule has 7 heteroatoms. The molecule has 0 unspecified atom stereocenters. The Morgan fingerprint density at radius 2 is 2.00 bits per heavy atom. The van der Waals surface area contributed by atoms with Crippen LogP contribution in [0.15, 0.2) is 34.8 Å². The SMILES string of the molecule is CCc1cc(-c2nnc(SCC(=O)Nc3c(C)cccc3C)n2C)cs1. The number of amides is 1. The first-order chi connectivity index (χ1) is 12.5. The standard InChI is InChI=1S/C19H22N4OS2/c1-5-15-9-14(10-25-15)18-21-22-19(23(18)4)26-11-16(24)20-17-12(2)7-6-8-13(17)3/h6-10H,5,11H2,1-4H3,(H,20,24). The van der Waals surface area contributed by atoms with Crippen LogP contribution in [-0.2, 0) is 18.3 Å². The number of hydrogen-bond acceptors (Lipinski definition) is 5. The maximum absolute atomic E-state index is 12.3. The number of thioether (sulfide) groups is 1. The smallest absolute Gasteiger partial charge is 0.234 e. The molecule has 1 aromatic carbocycles. The predicted octanol–water partition coefficient (Wildman–Crippen LogP) is 4.45. The summed E-state index contributed by atoms with van der Waals surface area (Å²) in [5.41, 5.74) is 4.10. The van der Waals surface area contributed by atoms with Gasteiger partial charge in [-0.1, -0.05) is 36.9 Å². The monoisotopic (exact) mass is 386 g/mol. The van der Waals surface area contributed by atoms with Crippen molar-refractivity contribution in [1.82, 2.24) is 14.8 Å². The Kier molecular flexibility index (Phi) is 5.78. The number of hydrogen-bond donors (Lipinski definition) is 1. The van der Waals surface area contributed by atoms with Gasteiger partial charge >= 0.3 is 0 Å². The van der Waals surface area contributed by atoms with E-state index in [1.807, 2.05) is 43.7 Å². The molecule has 2 heterocycles. The number of aryl methyl sites for hydroxylation is 3. The highest BCUT2D eigenvalue weighted by Crippen LogP contribution is 2.27. The van der Waals surface area contributed by atoms with Gasteiger partial charge in [0.25, 0.3) is 0 Å². The molecular formula is C19H22N4OS2. The lowest BCUT2D eigenvalue weighted by Crippen LogP contribution is -2.16. The van der Waals surface area contributed by atoms with Gasteiger partial charge in [-0.25, -0.2) is 0 Å². The van der Waals surface area contributed by atoms with Crippen molar-refractivity contribution in [2.45, 2.75) is 32.3 Å². The lowest BCUT2D eigenvalue weighted by molar-refractivity contribution is -0.113. The largest absolute Gasteiger partial charge is 0.325 e. The van der Waals surface area contributed by atoms with Crippen LogP contribution in [0.1, 0.15) is 22.9 Å². The van der Waals surface area contributed by atoms with E-state index in [9.17, 15) is 4.79 Å². The number of nitrogens with zero attached hydrogens (tertiary/aromatic N) is 3. The first-order valence-corrected chi connectivity index (χ1v) is 10.3. The first kappa shape index (κ1) is 18.7. The lowest BCUT2D eigenvalue weighted by Gasteiger charge is -2.11. The van der Waals surface area contributed by atoms with Crippen LogP contribution in [0, 0.1) is 13.8 Å². The predicted molar refractivity (Wildman–Crippen MR) is 109 cm³/mol. The molecule has 0 bridgehead atoms. The summed E-state index contributed by atoms with van der Waals surface area (Å²) in [4.78, 5) is 13.7. The van der Waals surface area contributed by atoms with Crippen molar-refractivity contribution in [3.8, 4) is 11.4 Å². The van der Waals surface area contributed by atoms with Crippen molar-refractivity contribution in [1.29, 1.82) is 0 Å². The van der Waals surface area contributed by atoms with Gasteiger partial charge in [-0.05, 0) is 37.5 Å². The number of anilines is 1. The van der Waals surface area contributed by atoms with E-state index < -0.39 is 0 Å². The number of para-hydroxylation sites is 1. The number of carbonyl (C=O) groups is 1. The van der Waals surface area contributed by atoms with Gasteiger partial charge < -0.3 is 9.88 Å². The summed E-state index contributed by atoms with van der Waals surface area (Å²) in [5.74, 6) is 1.09. The van der Waals surface area contributed by atoms with Crippen LogP contribution in [-0.4, -0.2) is 26.4 Å². The zero-order chi connectivity index (χ0) is 18.7. The summed E-state index contributed by atoms with van der Waals surface area (Å²) in [6, 6.07) is 8.13. The van der Waals surface area contributed by atoms with E-state index in [0.29, 0.717) is 5.75 Å². The molecule has 1 amide bonds. The Bertz CT molecular complexity index is 909. The molecule has 26 heavy (non-hydrogen) atoms. The van der Waals surface area contributed by atoms with E-state index in [1.165, 1.54) is 16.6 Å². The van der Waals surface area contributed by atoms with Gasteiger partial charge in [0.05, 0.1) is 5.75 Å². The topological polar surface area (TPSA) is 59.8 Å². The minimum Gasteiger partial charge on any atom is -0.325 e. The Morgan fingerprint density at radius 3 is 2.65 bits per heavy atom. The number of nitrogens with one attached hydrogen (secondary N) is 1. The van der Waals surface area contributed by atoms with Gasteiger partial charge in [0.2, 0.25) is 5.91 Å². The molecule has 3 aromatic rings. The zero-order valence-electron chi connectivity index (χ0n) is 15.4. The minimum absolute atomic E-state index is 0.0410. The van der Waals surface area contributed by atoms with Crippen LogP contribution >= 0.6 is 23.1 Å². The maximum atomic E-state index is 12.3. The molecular weight excluding hydrogens is 364 g/mol. The van der Waals surface area contributed by atoms with Gasteiger partial charge in [0.1, 0.15) is 0 Å². The fourth-order valence-electron chi connectivity index (χ4n) is 2.69. The van der Waals surface area contributed by atoms with E-state index in [1.54, 1.807) is 11.3 Å². The van der Waals surface area contributed by atoms with Crippen LogP contribution in [0.2, 0.25) is 0 Å². The van der Waals surface area contributed by atoms with Crippen molar-refractivity contribution < 1.29 is 4.79 Å². The first-order valence-electron chi connectivity index (χ1n) is 8.45. The van der Waals surface area contributed by atoms with Gasteiger partial charge in [0, 0.05) is 28.6 Å². The molecule has 0 radical (unpaired) electrons. The number of thiophene rings is 1. The minimum atomic E-state index is -0.0410. The molecule has 1 N–H and O–H groups in total. The van der Waals surface area contributed by atoms with Gasteiger partial charge in [-0.3, -0.25) is 4.79 Å². The van der Waals surface area contributed by atoms with Crippen molar-refractivity contribution in [3.05, 3.63) is 45.6 Å². The van der Waals surface area contributed by atoms with E-state index in [2.05, 4.69) is 33.9 Å². The number of rotatable bonds is 6. The Hall–Kier alpha value is -2.12. The number of carbonyl (C=O) groups excluding carboxylic acids is 1.